The maximum atomic E-state index is 11.6. The molecule has 6 nitrogen and oxygen atoms in total. The summed E-state index contributed by atoms with van der Waals surface area (Å²) >= 11 is 0. The molecule has 0 bridgehead atoms. The second-order valence-corrected chi connectivity index (χ2v) is 4.66. The molecule has 16 heavy (non-hydrogen) atoms. The summed E-state index contributed by atoms with van der Waals surface area (Å²) in [5.41, 5.74) is -0.734. The van der Waals surface area contributed by atoms with Crippen LogP contribution in [0.15, 0.2) is 0 Å². The van der Waals surface area contributed by atoms with Gasteiger partial charge >= 0.3 is 13.1 Å². The molecule has 2 unspecified atom stereocenters. The predicted octanol–water partition coefficient (Wildman–Crippen LogP) is -0.772. The molecular formula is C9H15BN2O4. The van der Waals surface area contributed by atoms with Gasteiger partial charge in [0.2, 0.25) is 0 Å². The number of urea groups is 1. The van der Waals surface area contributed by atoms with Gasteiger partial charge in [0.05, 0.1) is 0 Å². The quantitative estimate of drug-likeness (QED) is 0.375. The topological polar surface area (TPSA) is 98.7 Å². The van der Waals surface area contributed by atoms with Crippen molar-refractivity contribution in [2.24, 2.45) is 5.92 Å². The predicted molar refractivity (Wildman–Crippen MR) is 56.4 cm³/mol. The zero-order valence-corrected chi connectivity index (χ0v) is 8.90. The average Bonchev–Trinajstić information content (AvgIpc) is 2.70. The third kappa shape index (κ3) is 2.05. The molecule has 1 heterocycles. The number of nitrogens with one attached hydrogen (secondary N) is 2. The fraction of sp³-hybridized carbons (Fsp3) is 0.778. The Morgan fingerprint density at radius 1 is 1.44 bits per heavy atom. The van der Waals surface area contributed by atoms with Crippen molar-refractivity contribution in [1.29, 1.82) is 0 Å². The first kappa shape index (κ1) is 11.4. The van der Waals surface area contributed by atoms with E-state index in [1.54, 1.807) is 0 Å². The molecule has 1 aliphatic carbocycles. The largest absolute Gasteiger partial charge is 0.451 e. The molecule has 1 saturated carbocycles. The van der Waals surface area contributed by atoms with Crippen molar-refractivity contribution in [3.05, 3.63) is 0 Å². The zero-order chi connectivity index (χ0) is 11.8. The van der Waals surface area contributed by atoms with Gasteiger partial charge in [-0.2, -0.15) is 0 Å². The highest BCUT2D eigenvalue weighted by Crippen LogP contribution is 2.38. The van der Waals surface area contributed by atoms with Crippen LogP contribution in [0.25, 0.3) is 0 Å². The third-order valence-electron chi connectivity index (χ3n) is 3.46. The van der Waals surface area contributed by atoms with Crippen LogP contribution in [0.4, 0.5) is 4.79 Å². The molecule has 0 aromatic rings. The molecule has 7 heteroatoms. The van der Waals surface area contributed by atoms with Gasteiger partial charge in [-0.05, 0) is 31.5 Å². The second-order valence-electron chi connectivity index (χ2n) is 4.66. The fourth-order valence-electron chi connectivity index (χ4n) is 2.63. The van der Waals surface area contributed by atoms with Gasteiger partial charge < -0.3 is 15.4 Å². The molecule has 2 atom stereocenters. The third-order valence-corrected chi connectivity index (χ3v) is 3.46. The normalized spacial score (nSPS) is 33.0. The van der Waals surface area contributed by atoms with Crippen molar-refractivity contribution in [1.82, 2.24) is 10.6 Å². The zero-order valence-electron chi connectivity index (χ0n) is 8.90. The van der Waals surface area contributed by atoms with Crippen LogP contribution in [0.5, 0.6) is 0 Å². The van der Waals surface area contributed by atoms with Crippen LogP contribution in [0.3, 0.4) is 0 Å². The van der Waals surface area contributed by atoms with E-state index in [1.807, 2.05) is 0 Å². The van der Waals surface area contributed by atoms with Crippen molar-refractivity contribution in [3.63, 3.8) is 0 Å². The SMILES string of the molecule is O=C1NC(=O)C2(CCC(CCB(O)O)C2)N1. The summed E-state index contributed by atoms with van der Waals surface area (Å²) in [6.07, 6.45) is 3.05. The molecule has 0 aromatic heterocycles. The number of carbonyl (C=O) groups excluding carboxylic acids is 2. The van der Waals surface area contributed by atoms with Gasteiger partial charge in [0.15, 0.2) is 0 Å². The Bertz CT molecular complexity index is 323. The highest BCUT2D eigenvalue weighted by molar-refractivity contribution is 6.40. The first-order valence-electron chi connectivity index (χ1n) is 5.51. The lowest BCUT2D eigenvalue weighted by molar-refractivity contribution is -0.123. The Morgan fingerprint density at radius 2 is 2.19 bits per heavy atom. The molecule has 0 radical (unpaired) electrons. The minimum atomic E-state index is -1.29. The van der Waals surface area contributed by atoms with E-state index in [0.29, 0.717) is 25.6 Å². The minimum Gasteiger partial charge on any atom is -0.427 e. The summed E-state index contributed by atoms with van der Waals surface area (Å²) in [7, 11) is -1.29. The maximum absolute atomic E-state index is 11.6. The van der Waals surface area contributed by atoms with Crippen molar-refractivity contribution >= 4 is 19.1 Å². The lowest BCUT2D eigenvalue weighted by Crippen LogP contribution is -2.44. The fourth-order valence-corrected chi connectivity index (χ4v) is 2.63. The van der Waals surface area contributed by atoms with Crippen LogP contribution in [0.1, 0.15) is 25.7 Å². The van der Waals surface area contributed by atoms with E-state index in [0.717, 1.165) is 6.42 Å². The van der Waals surface area contributed by atoms with E-state index < -0.39 is 18.7 Å². The van der Waals surface area contributed by atoms with Crippen LogP contribution in [0.2, 0.25) is 6.32 Å². The van der Waals surface area contributed by atoms with Crippen LogP contribution in [0, 0.1) is 5.92 Å². The van der Waals surface area contributed by atoms with Gasteiger partial charge in [-0.25, -0.2) is 4.79 Å². The van der Waals surface area contributed by atoms with Crippen LogP contribution < -0.4 is 10.6 Å². The first-order chi connectivity index (χ1) is 7.52. The second kappa shape index (κ2) is 4.06. The monoisotopic (exact) mass is 226 g/mol. The van der Waals surface area contributed by atoms with Crippen LogP contribution in [-0.2, 0) is 4.79 Å². The molecule has 2 fully saturated rings. The van der Waals surface area contributed by atoms with E-state index in [4.69, 9.17) is 10.0 Å². The number of hydrogen-bond donors (Lipinski definition) is 4. The Labute approximate surface area is 93.6 Å². The van der Waals surface area contributed by atoms with Gasteiger partial charge in [-0.3, -0.25) is 10.1 Å². The Balaban J connectivity index is 1.92. The summed E-state index contributed by atoms with van der Waals surface area (Å²) in [5.74, 6) is 0.0236. The van der Waals surface area contributed by atoms with Crippen molar-refractivity contribution < 1.29 is 19.6 Å². The van der Waals surface area contributed by atoms with E-state index in [1.165, 1.54) is 0 Å². The molecule has 1 aliphatic heterocycles. The summed E-state index contributed by atoms with van der Waals surface area (Å²) in [5, 5.41) is 22.5. The van der Waals surface area contributed by atoms with Gasteiger partial charge in [-0.15, -0.1) is 0 Å². The smallest absolute Gasteiger partial charge is 0.427 e. The van der Waals surface area contributed by atoms with Crippen molar-refractivity contribution in [2.45, 2.75) is 37.5 Å². The summed E-state index contributed by atoms with van der Waals surface area (Å²) < 4.78 is 0. The molecule has 2 aliphatic rings. The lowest BCUT2D eigenvalue weighted by Gasteiger charge is -2.19. The van der Waals surface area contributed by atoms with E-state index in [-0.39, 0.29) is 11.8 Å². The molecule has 2 rings (SSSR count). The summed E-state index contributed by atoms with van der Waals surface area (Å²) in [6, 6.07) is -0.423. The highest BCUT2D eigenvalue weighted by Gasteiger charge is 2.50. The molecule has 1 spiro atoms. The molecule has 3 amide bonds. The average molecular weight is 226 g/mol. The van der Waals surface area contributed by atoms with Gasteiger partial charge in [0.25, 0.3) is 5.91 Å². The van der Waals surface area contributed by atoms with E-state index in [9.17, 15) is 9.59 Å². The van der Waals surface area contributed by atoms with Crippen molar-refractivity contribution in [3.8, 4) is 0 Å². The van der Waals surface area contributed by atoms with Crippen LogP contribution in [-0.4, -0.2) is 34.6 Å². The lowest BCUT2D eigenvalue weighted by atomic mass is 9.80. The highest BCUT2D eigenvalue weighted by atomic mass is 16.4. The standard InChI is InChI=1S/C9H15BN2O4/c13-7-9(12-8(14)11-7)3-1-6(5-9)2-4-10(15)16/h6,15-16H,1-5H2,(H2,11,12,13,14). The number of carbonyl (C=O) groups is 2. The van der Waals surface area contributed by atoms with Crippen molar-refractivity contribution in [2.75, 3.05) is 0 Å². The molecular weight excluding hydrogens is 211 g/mol. The van der Waals surface area contributed by atoms with E-state index in [2.05, 4.69) is 10.6 Å². The molecule has 4 N–H and O–H groups in total. The number of rotatable bonds is 3. The van der Waals surface area contributed by atoms with E-state index >= 15 is 0 Å². The number of hydrogen-bond acceptors (Lipinski definition) is 4. The Hall–Kier alpha value is -1.08. The van der Waals surface area contributed by atoms with Gasteiger partial charge in [0, 0.05) is 0 Å². The molecule has 0 aromatic carbocycles. The number of imide groups is 1. The molecule has 1 saturated heterocycles. The maximum Gasteiger partial charge on any atom is 0.451 e. The summed E-state index contributed by atoms with van der Waals surface area (Å²) in [4.78, 5) is 22.7. The minimum absolute atomic E-state index is 0.246. The number of amides is 3. The summed E-state index contributed by atoms with van der Waals surface area (Å²) in [6.45, 7) is 0. The van der Waals surface area contributed by atoms with Crippen LogP contribution >= 0.6 is 0 Å². The Morgan fingerprint density at radius 3 is 2.75 bits per heavy atom. The van der Waals surface area contributed by atoms with Gasteiger partial charge in [0.1, 0.15) is 5.54 Å². The first-order valence-corrected chi connectivity index (χ1v) is 5.51. The Kier molecular flexibility index (Phi) is 2.90. The van der Waals surface area contributed by atoms with Gasteiger partial charge in [-0.1, -0.05) is 6.42 Å². The molecule has 88 valence electrons.